The lowest BCUT2D eigenvalue weighted by Crippen LogP contribution is -2.25. The predicted molar refractivity (Wildman–Crippen MR) is 83.2 cm³/mol. The average Bonchev–Trinajstić information content (AvgIpc) is 2.94. The second-order valence-electron chi connectivity index (χ2n) is 5.63. The van der Waals surface area contributed by atoms with Gasteiger partial charge in [0.2, 0.25) is 0 Å². The third-order valence-electron chi connectivity index (χ3n) is 4.39. The predicted octanol–water partition coefficient (Wildman–Crippen LogP) is 4.28. The van der Waals surface area contributed by atoms with Crippen LogP contribution in [-0.2, 0) is 12.0 Å². The Morgan fingerprint density at radius 2 is 1.70 bits per heavy atom. The van der Waals surface area contributed by atoms with Gasteiger partial charge >= 0.3 is 0 Å². The van der Waals surface area contributed by atoms with Crippen molar-refractivity contribution in [3.63, 3.8) is 0 Å². The molecular weight excluding hydrogens is 242 g/mol. The van der Waals surface area contributed by atoms with Crippen LogP contribution in [0.3, 0.4) is 0 Å². The Morgan fingerprint density at radius 3 is 2.60 bits per heavy atom. The lowest BCUT2D eigenvalue weighted by Gasteiger charge is -2.31. The number of benzene rings is 2. The van der Waals surface area contributed by atoms with Crippen LogP contribution < -0.4 is 0 Å². The fraction of sp³-hybridized carbons (Fsp3) is 0.211. The highest BCUT2D eigenvalue weighted by molar-refractivity contribution is 6.10. The van der Waals surface area contributed by atoms with Gasteiger partial charge in [0.25, 0.3) is 0 Å². The lowest BCUT2D eigenvalue weighted by atomic mass is 9.77. The van der Waals surface area contributed by atoms with E-state index in [9.17, 15) is 0 Å². The molecule has 20 heavy (non-hydrogen) atoms. The molecule has 1 unspecified atom stereocenters. The van der Waals surface area contributed by atoms with Crippen LogP contribution in [0.25, 0.3) is 0 Å². The van der Waals surface area contributed by atoms with Crippen LogP contribution in [0, 0.1) is 0 Å². The van der Waals surface area contributed by atoms with Crippen LogP contribution in [0.2, 0.25) is 0 Å². The van der Waals surface area contributed by atoms with Gasteiger partial charge in [0, 0.05) is 0 Å². The maximum absolute atomic E-state index is 5.10. The van der Waals surface area contributed by atoms with E-state index in [-0.39, 0.29) is 5.54 Å². The SMILES string of the molecule is C1=CC2(CCCc3ccccc32)N=C1c1ccccc1. The fourth-order valence-corrected chi connectivity index (χ4v) is 3.41. The summed E-state index contributed by atoms with van der Waals surface area (Å²) in [6, 6.07) is 19.2. The van der Waals surface area contributed by atoms with E-state index in [2.05, 4.69) is 66.7 Å². The molecule has 2 aliphatic rings. The van der Waals surface area contributed by atoms with E-state index in [0.717, 1.165) is 12.1 Å². The van der Waals surface area contributed by atoms with Crippen LogP contribution in [0.5, 0.6) is 0 Å². The summed E-state index contributed by atoms with van der Waals surface area (Å²) in [6.07, 6.45) is 8.01. The quantitative estimate of drug-likeness (QED) is 0.725. The van der Waals surface area contributed by atoms with Gasteiger partial charge in [0.15, 0.2) is 0 Å². The molecule has 1 spiro atoms. The Kier molecular flexibility index (Phi) is 2.59. The third kappa shape index (κ3) is 1.74. The van der Waals surface area contributed by atoms with Gasteiger partial charge in [-0.2, -0.15) is 0 Å². The first kappa shape index (κ1) is 11.7. The molecule has 0 N–H and O–H groups in total. The highest BCUT2D eigenvalue weighted by Crippen LogP contribution is 2.42. The van der Waals surface area contributed by atoms with Crippen molar-refractivity contribution < 1.29 is 0 Å². The minimum atomic E-state index is -0.111. The lowest BCUT2D eigenvalue weighted by molar-refractivity contribution is 0.468. The fourth-order valence-electron chi connectivity index (χ4n) is 3.41. The molecular formula is C19H17N. The van der Waals surface area contributed by atoms with E-state index >= 15 is 0 Å². The van der Waals surface area contributed by atoms with Crippen LogP contribution in [0.4, 0.5) is 0 Å². The van der Waals surface area contributed by atoms with Crippen molar-refractivity contribution in [2.24, 2.45) is 4.99 Å². The topological polar surface area (TPSA) is 12.4 Å². The Hall–Kier alpha value is -2.15. The summed E-state index contributed by atoms with van der Waals surface area (Å²) in [6.45, 7) is 0. The Bertz CT molecular complexity index is 697. The van der Waals surface area contributed by atoms with Crippen LogP contribution in [0.15, 0.2) is 71.7 Å². The van der Waals surface area contributed by atoms with Crippen molar-refractivity contribution >= 4 is 5.71 Å². The molecule has 0 radical (unpaired) electrons. The highest BCUT2D eigenvalue weighted by Gasteiger charge is 2.36. The van der Waals surface area contributed by atoms with Gasteiger partial charge in [-0.05, 0) is 42.0 Å². The maximum Gasteiger partial charge on any atom is 0.105 e. The summed E-state index contributed by atoms with van der Waals surface area (Å²) >= 11 is 0. The van der Waals surface area contributed by atoms with Gasteiger partial charge < -0.3 is 0 Å². The number of hydrogen-bond acceptors (Lipinski definition) is 1. The molecule has 0 amide bonds. The molecule has 0 saturated carbocycles. The molecule has 1 aliphatic heterocycles. The summed E-state index contributed by atoms with van der Waals surface area (Å²) in [4.78, 5) is 5.10. The summed E-state index contributed by atoms with van der Waals surface area (Å²) < 4.78 is 0. The van der Waals surface area contributed by atoms with E-state index in [4.69, 9.17) is 4.99 Å². The maximum atomic E-state index is 5.10. The first-order valence-electron chi connectivity index (χ1n) is 7.30. The largest absolute Gasteiger partial charge is 0.269 e. The van der Waals surface area contributed by atoms with Crippen molar-refractivity contribution in [1.82, 2.24) is 0 Å². The molecule has 1 atom stereocenters. The number of aliphatic imine (C=N–C) groups is 1. The highest BCUT2D eigenvalue weighted by atomic mass is 14.9. The van der Waals surface area contributed by atoms with Gasteiger partial charge in [0.05, 0.1) is 5.71 Å². The first-order chi connectivity index (χ1) is 9.87. The summed E-state index contributed by atoms with van der Waals surface area (Å²) in [5.74, 6) is 0. The molecule has 0 bridgehead atoms. The molecule has 98 valence electrons. The molecule has 1 nitrogen and oxygen atoms in total. The molecule has 2 aromatic carbocycles. The average molecular weight is 259 g/mol. The van der Waals surface area contributed by atoms with Crippen molar-refractivity contribution in [3.05, 3.63) is 83.4 Å². The standard InChI is InChI=1S/C19H17N/c1-2-8-16(9-3-1)18-12-14-19(20-18)13-6-10-15-7-4-5-11-17(15)19/h1-5,7-9,11-12,14H,6,10,13H2. The van der Waals surface area contributed by atoms with E-state index in [1.807, 2.05) is 0 Å². The van der Waals surface area contributed by atoms with Gasteiger partial charge in [-0.3, -0.25) is 4.99 Å². The second-order valence-corrected chi connectivity index (χ2v) is 5.63. The number of fused-ring (bicyclic) bond motifs is 2. The van der Waals surface area contributed by atoms with Gasteiger partial charge in [0.1, 0.15) is 5.54 Å². The number of aryl methyl sites for hydroxylation is 1. The number of hydrogen-bond donors (Lipinski definition) is 0. The second kappa shape index (κ2) is 4.45. The van der Waals surface area contributed by atoms with Crippen LogP contribution in [-0.4, -0.2) is 5.71 Å². The molecule has 4 rings (SSSR count). The van der Waals surface area contributed by atoms with Gasteiger partial charge in [-0.1, -0.05) is 60.7 Å². The Morgan fingerprint density at radius 1 is 0.900 bits per heavy atom. The monoisotopic (exact) mass is 259 g/mol. The van der Waals surface area contributed by atoms with Gasteiger partial charge in [-0.15, -0.1) is 0 Å². The summed E-state index contributed by atoms with van der Waals surface area (Å²) in [7, 11) is 0. The zero-order valence-corrected chi connectivity index (χ0v) is 11.4. The smallest absolute Gasteiger partial charge is 0.105 e. The molecule has 1 heteroatoms. The van der Waals surface area contributed by atoms with Crippen molar-refractivity contribution in [2.45, 2.75) is 24.8 Å². The van der Waals surface area contributed by atoms with Crippen molar-refractivity contribution in [3.8, 4) is 0 Å². The first-order valence-corrected chi connectivity index (χ1v) is 7.30. The van der Waals surface area contributed by atoms with Crippen molar-refractivity contribution in [1.29, 1.82) is 0 Å². The molecule has 0 fully saturated rings. The minimum absolute atomic E-state index is 0.111. The Labute approximate surface area is 119 Å². The molecule has 1 aliphatic carbocycles. The van der Waals surface area contributed by atoms with E-state index < -0.39 is 0 Å². The third-order valence-corrected chi connectivity index (χ3v) is 4.39. The minimum Gasteiger partial charge on any atom is -0.269 e. The zero-order chi connectivity index (χ0) is 13.4. The van der Waals surface area contributed by atoms with Crippen LogP contribution >= 0.6 is 0 Å². The number of nitrogens with zero attached hydrogens (tertiary/aromatic N) is 1. The Balaban J connectivity index is 1.82. The van der Waals surface area contributed by atoms with E-state index in [1.54, 1.807) is 0 Å². The normalized spacial score (nSPS) is 23.7. The zero-order valence-electron chi connectivity index (χ0n) is 11.4. The summed E-state index contributed by atoms with van der Waals surface area (Å²) in [5.41, 5.74) is 5.07. The molecule has 1 heterocycles. The summed E-state index contributed by atoms with van der Waals surface area (Å²) in [5, 5.41) is 0. The van der Waals surface area contributed by atoms with E-state index in [0.29, 0.717) is 0 Å². The van der Waals surface area contributed by atoms with Crippen molar-refractivity contribution in [2.75, 3.05) is 0 Å². The van der Waals surface area contributed by atoms with E-state index in [1.165, 1.54) is 29.5 Å². The number of allylic oxidation sites excluding steroid dienone is 1. The van der Waals surface area contributed by atoms with Gasteiger partial charge in [-0.25, -0.2) is 0 Å². The molecule has 0 saturated heterocycles. The number of rotatable bonds is 1. The van der Waals surface area contributed by atoms with Crippen LogP contribution in [0.1, 0.15) is 29.5 Å². The molecule has 0 aromatic heterocycles. The molecule has 2 aromatic rings.